The third-order valence-electron chi connectivity index (χ3n) is 5.40. The molecule has 2 heterocycles. The molecule has 142 valence electrons. The molecule has 2 aliphatic heterocycles. The van der Waals surface area contributed by atoms with Gasteiger partial charge in [-0.05, 0) is 41.7 Å². The average Bonchev–Trinajstić information content (AvgIpc) is 3.00. The van der Waals surface area contributed by atoms with Crippen LogP contribution in [0.5, 0.6) is 0 Å². The largest absolute Gasteiger partial charge is 0.348 e. The maximum absolute atomic E-state index is 12.3. The van der Waals surface area contributed by atoms with Gasteiger partial charge in [-0.2, -0.15) is 0 Å². The molecule has 1 fully saturated rings. The Balaban J connectivity index is 1.35. The molecule has 1 N–H and O–H groups in total. The maximum Gasteiger partial charge on any atom is 0.251 e. The first-order valence-corrected chi connectivity index (χ1v) is 11.2. The molecule has 2 aromatic carbocycles. The van der Waals surface area contributed by atoms with E-state index in [2.05, 4.69) is 34.5 Å². The zero-order chi connectivity index (χ0) is 18.9. The van der Waals surface area contributed by atoms with Crippen LogP contribution in [-0.4, -0.2) is 43.3 Å². The molecule has 1 atom stereocenters. The van der Waals surface area contributed by atoms with Crippen molar-refractivity contribution < 1.29 is 13.2 Å². The van der Waals surface area contributed by atoms with Gasteiger partial charge in [0.15, 0.2) is 9.84 Å². The average molecular weight is 385 g/mol. The maximum atomic E-state index is 12.3. The predicted molar refractivity (Wildman–Crippen MR) is 105 cm³/mol. The van der Waals surface area contributed by atoms with Crippen LogP contribution in [0.1, 0.15) is 33.5 Å². The Labute approximate surface area is 160 Å². The number of fused-ring (bicyclic) bond motifs is 1. The third-order valence-corrected chi connectivity index (χ3v) is 7.17. The van der Waals surface area contributed by atoms with Crippen LogP contribution >= 0.6 is 0 Å². The number of amides is 1. The van der Waals surface area contributed by atoms with Crippen LogP contribution in [0.25, 0.3) is 0 Å². The molecule has 0 aromatic heterocycles. The molecular formula is C21H24N2O3S. The van der Waals surface area contributed by atoms with E-state index in [-0.39, 0.29) is 23.5 Å². The molecular weight excluding hydrogens is 360 g/mol. The van der Waals surface area contributed by atoms with E-state index in [0.29, 0.717) is 12.0 Å². The normalized spacial score (nSPS) is 21.6. The highest BCUT2D eigenvalue weighted by Gasteiger charge is 2.29. The second kappa shape index (κ2) is 7.44. The van der Waals surface area contributed by atoms with E-state index in [1.165, 1.54) is 16.7 Å². The van der Waals surface area contributed by atoms with E-state index in [1.807, 2.05) is 24.3 Å². The molecule has 2 aromatic rings. The number of sulfone groups is 1. The zero-order valence-corrected chi connectivity index (χ0v) is 16.0. The molecule has 27 heavy (non-hydrogen) atoms. The Hall–Kier alpha value is -2.18. The second-order valence-corrected chi connectivity index (χ2v) is 9.73. The monoisotopic (exact) mass is 384 g/mol. The molecule has 4 rings (SSSR count). The van der Waals surface area contributed by atoms with Gasteiger partial charge in [0.25, 0.3) is 5.91 Å². The number of carbonyl (C=O) groups excluding carboxylic acids is 1. The van der Waals surface area contributed by atoms with E-state index < -0.39 is 9.84 Å². The number of rotatable bonds is 4. The lowest BCUT2D eigenvalue weighted by molar-refractivity contribution is 0.0941. The van der Waals surface area contributed by atoms with E-state index in [1.54, 1.807) is 0 Å². The fourth-order valence-electron chi connectivity index (χ4n) is 3.89. The lowest BCUT2D eigenvalue weighted by Gasteiger charge is -2.28. The van der Waals surface area contributed by atoms with Crippen molar-refractivity contribution in [1.82, 2.24) is 10.2 Å². The lowest BCUT2D eigenvalue weighted by Crippen LogP contribution is -2.35. The van der Waals surface area contributed by atoms with E-state index in [0.717, 1.165) is 26.1 Å². The van der Waals surface area contributed by atoms with Gasteiger partial charge in [0.1, 0.15) is 0 Å². The SMILES string of the molecule is O=C(N[C@H]1CCS(=O)(=O)C1)c1ccc(CN2CCc3ccccc3C2)cc1. The zero-order valence-electron chi connectivity index (χ0n) is 15.2. The lowest BCUT2D eigenvalue weighted by atomic mass is 9.99. The Bertz CT molecular complexity index is 938. The van der Waals surface area contributed by atoms with E-state index in [9.17, 15) is 13.2 Å². The molecule has 1 saturated heterocycles. The standard InChI is InChI=1S/C21H24N2O3S/c24-21(22-20-10-12-27(25,26)15-20)18-7-5-16(6-8-18)13-23-11-9-17-3-1-2-4-19(17)14-23/h1-8,20H,9-15H2,(H,22,24)/t20-/m0/s1. The van der Waals surface area contributed by atoms with Crippen LogP contribution in [-0.2, 0) is 29.3 Å². The highest BCUT2D eigenvalue weighted by Crippen LogP contribution is 2.20. The summed E-state index contributed by atoms with van der Waals surface area (Å²) in [4.78, 5) is 14.8. The van der Waals surface area contributed by atoms with Gasteiger partial charge < -0.3 is 5.32 Å². The second-order valence-electron chi connectivity index (χ2n) is 7.50. The van der Waals surface area contributed by atoms with Crippen molar-refractivity contribution in [2.45, 2.75) is 32.0 Å². The summed E-state index contributed by atoms with van der Waals surface area (Å²) in [7, 11) is -2.99. The first-order valence-electron chi connectivity index (χ1n) is 9.38. The van der Waals surface area contributed by atoms with Gasteiger partial charge in [-0.1, -0.05) is 36.4 Å². The Morgan fingerprint density at radius 3 is 2.52 bits per heavy atom. The van der Waals surface area contributed by atoms with Crippen LogP contribution in [0.4, 0.5) is 0 Å². The topological polar surface area (TPSA) is 66.5 Å². The van der Waals surface area contributed by atoms with Gasteiger partial charge in [-0.15, -0.1) is 0 Å². The molecule has 0 saturated carbocycles. The van der Waals surface area contributed by atoms with Crippen molar-refractivity contribution in [2.75, 3.05) is 18.1 Å². The molecule has 0 spiro atoms. The number of benzene rings is 2. The van der Waals surface area contributed by atoms with E-state index in [4.69, 9.17) is 0 Å². The summed E-state index contributed by atoms with van der Waals surface area (Å²) in [6.45, 7) is 2.85. The summed E-state index contributed by atoms with van der Waals surface area (Å²) in [5.41, 5.74) is 4.59. The molecule has 0 bridgehead atoms. The minimum absolute atomic E-state index is 0.0489. The summed E-state index contributed by atoms with van der Waals surface area (Å²) in [5, 5.41) is 2.83. The predicted octanol–water partition coefficient (Wildman–Crippen LogP) is 2.16. The minimum atomic E-state index is -2.99. The minimum Gasteiger partial charge on any atom is -0.348 e. The smallest absolute Gasteiger partial charge is 0.251 e. The van der Waals surface area contributed by atoms with Gasteiger partial charge in [0.2, 0.25) is 0 Å². The van der Waals surface area contributed by atoms with Crippen LogP contribution in [0.2, 0.25) is 0 Å². The van der Waals surface area contributed by atoms with E-state index >= 15 is 0 Å². The molecule has 0 unspecified atom stereocenters. The summed E-state index contributed by atoms with van der Waals surface area (Å²) in [6, 6.07) is 15.9. The van der Waals surface area contributed by atoms with Gasteiger partial charge in [-0.25, -0.2) is 8.42 Å². The molecule has 5 nitrogen and oxygen atoms in total. The molecule has 0 radical (unpaired) electrons. The highest BCUT2D eigenvalue weighted by molar-refractivity contribution is 7.91. The first-order chi connectivity index (χ1) is 13.0. The molecule has 2 aliphatic rings. The van der Waals surface area contributed by atoms with Gasteiger partial charge in [-0.3, -0.25) is 9.69 Å². The summed E-state index contributed by atoms with van der Waals surface area (Å²) >= 11 is 0. The number of nitrogens with one attached hydrogen (secondary N) is 1. The summed E-state index contributed by atoms with van der Waals surface area (Å²) < 4.78 is 23.0. The van der Waals surface area contributed by atoms with Crippen LogP contribution in [0.3, 0.4) is 0 Å². The third kappa shape index (κ3) is 4.39. The highest BCUT2D eigenvalue weighted by atomic mass is 32.2. The number of nitrogens with zero attached hydrogens (tertiary/aromatic N) is 1. The van der Waals surface area contributed by atoms with Crippen LogP contribution in [0, 0.1) is 0 Å². The van der Waals surface area contributed by atoms with Crippen molar-refractivity contribution in [1.29, 1.82) is 0 Å². The Morgan fingerprint density at radius 1 is 1.07 bits per heavy atom. The number of hydrogen-bond acceptors (Lipinski definition) is 4. The Kier molecular flexibility index (Phi) is 5.02. The number of hydrogen-bond donors (Lipinski definition) is 1. The van der Waals surface area contributed by atoms with Gasteiger partial charge >= 0.3 is 0 Å². The summed E-state index contributed by atoms with van der Waals surface area (Å²) in [5.74, 6) is 0.0128. The fraction of sp³-hybridized carbons (Fsp3) is 0.381. The van der Waals surface area contributed by atoms with Gasteiger partial charge in [0, 0.05) is 31.2 Å². The van der Waals surface area contributed by atoms with Crippen LogP contribution in [0.15, 0.2) is 48.5 Å². The quantitative estimate of drug-likeness (QED) is 0.877. The van der Waals surface area contributed by atoms with Gasteiger partial charge in [0.05, 0.1) is 11.5 Å². The van der Waals surface area contributed by atoms with Crippen molar-refractivity contribution in [3.8, 4) is 0 Å². The van der Waals surface area contributed by atoms with Crippen molar-refractivity contribution in [3.05, 3.63) is 70.8 Å². The molecule has 0 aliphatic carbocycles. The Morgan fingerprint density at radius 2 is 1.81 bits per heavy atom. The van der Waals surface area contributed by atoms with Crippen LogP contribution < -0.4 is 5.32 Å². The number of carbonyl (C=O) groups is 1. The van der Waals surface area contributed by atoms with Crippen molar-refractivity contribution in [2.24, 2.45) is 0 Å². The summed E-state index contributed by atoms with van der Waals surface area (Å²) in [6.07, 6.45) is 1.57. The first kappa shape index (κ1) is 18.2. The molecule has 6 heteroatoms. The van der Waals surface area contributed by atoms with Crippen molar-refractivity contribution >= 4 is 15.7 Å². The molecule has 1 amide bonds. The fourth-order valence-corrected chi connectivity index (χ4v) is 5.56. The van der Waals surface area contributed by atoms with Crippen molar-refractivity contribution in [3.63, 3.8) is 0 Å².